The first-order chi connectivity index (χ1) is 12.5. The quantitative estimate of drug-likeness (QED) is 0.672. The van der Waals surface area contributed by atoms with Crippen molar-refractivity contribution in [3.8, 4) is 0 Å². The zero-order valence-corrected chi connectivity index (χ0v) is 16.5. The Bertz CT molecular complexity index is 726. The fourth-order valence-electron chi connectivity index (χ4n) is 3.21. The Morgan fingerprint density at radius 2 is 2.27 bits per heavy atom. The SMILES string of the molecule is CN(C)CCn1ccnc1[C@@H]1CCCN(C(=O)CSc2nncn2C)C1. The number of rotatable bonds is 7. The summed E-state index contributed by atoms with van der Waals surface area (Å²) in [5.74, 6) is 1.97. The maximum absolute atomic E-state index is 12.6. The van der Waals surface area contributed by atoms with Crippen molar-refractivity contribution in [2.45, 2.75) is 30.5 Å². The summed E-state index contributed by atoms with van der Waals surface area (Å²) in [6.07, 6.45) is 7.67. The standard InChI is InChI=1S/C17H27N7OS/c1-21(2)9-10-23-8-6-18-16(23)14-5-4-7-24(11-14)15(25)12-26-17-20-19-13-22(17)3/h6,8,13-14H,4-5,7,9-12H2,1-3H3/t14-/m1/s1. The van der Waals surface area contributed by atoms with Gasteiger partial charge in [0.05, 0.1) is 5.75 Å². The van der Waals surface area contributed by atoms with Gasteiger partial charge in [-0.15, -0.1) is 10.2 Å². The van der Waals surface area contributed by atoms with E-state index in [9.17, 15) is 4.79 Å². The van der Waals surface area contributed by atoms with Crippen LogP contribution in [0.4, 0.5) is 0 Å². The molecular weight excluding hydrogens is 350 g/mol. The van der Waals surface area contributed by atoms with Crippen LogP contribution in [-0.2, 0) is 18.4 Å². The molecule has 8 nitrogen and oxygen atoms in total. The molecule has 3 heterocycles. The Hall–Kier alpha value is -1.87. The van der Waals surface area contributed by atoms with Crippen LogP contribution in [0, 0.1) is 0 Å². The molecule has 0 N–H and O–H groups in total. The first-order valence-electron chi connectivity index (χ1n) is 8.95. The number of carbonyl (C=O) groups excluding carboxylic acids is 1. The summed E-state index contributed by atoms with van der Waals surface area (Å²) in [6.45, 7) is 3.48. The van der Waals surface area contributed by atoms with Crippen molar-refractivity contribution in [3.05, 3.63) is 24.5 Å². The van der Waals surface area contributed by atoms with Crippen molar-refractivity contribution in [2.75, 3.05) is 39.5 Å². The number of aromatic nitrogens is 5. The van der Waals surface area contributed by atoms with Gasteiger partial charge in [0.15, 0.2) is 5.16 Å². The molecular formula is C17H27N7OS. The number of aryl methyl sites for hydroxylation is 1. The number of amides is 1. The van der Waals surface area contributed by atoms with Crippen LogP contribution in [0.1, 0.15) is 24.6 Å². The molecule has 0 unspecified atom stereocenters. The first kappa shape index (κ1) is 18.9. The molecule has 2 aromatic rings. The van der Waals surface area contributed by atoms with Gasteiger partial charge in [-0.05, 0) is 26.9 Å². The Labute approximate surface area is 158 Å². The van der Waals surface area contributed by atoms with Gasteiger partial charge in [0, 0.05) is 51.5 Å². The largest absolute Gasteiger partial charge is 0.341 e. The monoisotopic (exact) mass is 377 g/mol. The number of likely N-dealkylation sites (tertiary alicyclic amines) is 1. The molecule has 1 saturated heterocycles. The predicted molar refractivity (Wildman–Crippen MR) is 101 cm³/mol. The second kappa shape index (κ2) is 8.68. The number of imidazole rings is 1. The fraction of sp³-hybridized carbons (Fsp3) is 0.647. The second-order valence-electron chi connectivity index (χ2n) is 6.97. The number of hydrogen-bond donors (Lipinski definition) is 0. The van der Waals surface area contributed by atoms with Gasteiger partial charge in [0.1, 0.15) is 12.2 Å². The van der Waals surface area contributed by atoms with E-state index in [2.05, 4.69) is 38.7 Å². The summed E-state index contributed by atoms with van der Waals surface area (Å²) >= 11 is 1.44. The Kier molecular flexibility index (Phi) is 6.31. The minimum Gasteiger partial charge on any atom is -0.341 e. The van der Waals surface area contributed by atoms with Gasteiger partial charge in [-0.2, -0.15) is 0 Å². The van der Waals surface area contributed by atoms with E-state index in [0.29, 0.717) is 11.7 Å². The van der Waals surface area contributed by atoms with Crippen molar-refractivity contribution < 1.29 is 4.79 Å². The molecule has 3 rings (SSSR count). The molecule has 1 aliphatic rings. The third kappa shape index (κ3) is 4.64. The fourth-order valence-corrected chi connectivity index (χ4v) is 4.00. The molecule has 26 heavy (non-hydrogen) atoms. The molecule has 1 fully saturated rings. The van der Waals surface area contributed by atoms with Crippen LogP contribution >= 0.6 is 11.8 Å². The third-order valence-corrected chi connectivity index (χ3v) is 5.69. The lowest BCUT2D eigenvalue weighted by Crippen LogP contribution is -2.40. The lowest BCUT2D eigenvalue weighted by atomic mass is 9.97. The highest BCUT2D eigenvalue weighted by Gasteiger charge is 2.27. The summed E-state index contributed by atoms with van der Waals surface area (Å²) in [4.78, 5) is 21.4. The average Bonchev–Trinajstić information content (AvgIpc) is 3.26. The van der Waals surface area contributed by atoms with Crippen molar-refractivity contribution in [1.29, 1.82) is 0 Å². The van der Waals surface area contributed by atoms with Gasteiger partial charge >= 0.3 is 0 Å². The highest BCUT2D eigenvalue weighted by molar-refractivity contribution is 7.99. The lowest BCUT2D eigenvalue weighted by molar-refractivity contribution is -0.129. The van der Waals surface area contributed by atoms with Crippen LogP contribution in [0.5, 0.6) is 0 Å². The van der Waals surface area contributed by atoms with Gasteiger partial charge in [0.2, 0.25) is 5.91 Å². The number of nitrogens with zero attached hydrogens (tertiary/aromatic N) is 7. The molecule has 142 valence electrons. The molecule has 1 atom stereocenters. The van der Waals surface area contributed by atoms with Crippen LogP contribution in [0.25, 0.3) is 0 Å². The summed E-state index contributed by atoms with van der Waals surface area (Å²) in [7, 11) is 6.04. The van der Waals surface area contributed by atoms with Crippen LogP contribution in [0.15, 0.2) is 23.9 Å². The zero-order valence-electron chi connectivity index (χ0n) is 15.7. The van der Waals surface area contributed by atoms with E-state index in [1.54, 1.807) is 6.33 Å². The molecule has 0 radical (unpaired) electrons. The van der Waals surface area contributed by atoms with Crippen molar-refractivity contribution in [1.82, 2.24) is 34.1 Å². The van der Waals surface area contributed by atoms with Gasteiger partial charge in [-0.25, -0.2) is 4.98 Å². The number of piperidine rings is 1. The molecule has 0 spiro atoms. The predicted octanol–water partition coefficient (Wildman–Crippen LogP) is 1.07. The van der Waals surface area contributed by atoms with Crippen molar-refractivity contribution in [3.63, 3.8) is 0 Å². The second-order valence-corrected chi connectivity index (χ2v) is 7.92. The van der Waals surface area contributed by atoms with Crippen molar-refractivity contribution in [2.24, 2.45) is 7.05 Å². The highest BCUT2D eigenvalue weighted by Crippen LogP contribution is 2.26. The molecule has 0 saturated carbocycles. The van der Waals surface area contributed by atoms with Gasteiger partial charge in [0.25, 0.3) is 0 Å². The van der Waals surface area contributed by atoms with E-state index < -0.39 is 0 Å². The number of thioether (sulfide) groups is 1. The van der Waals surface area contributed by atoms with E-state index in [1.807, 2.05) is 28.9 Å². The molecule has 0 bridgehead atoms. The highest BCUT2D eigenvalue weighted by atomic mass is 32.2. The molecule has 9 heteroatoms. The normalized spacial score (nSPS) is 17.8. The van der Waals surface area contributed by atoms with E-state index in [-0.39, 0.29) is 5.91 Å². The van der Waals surface area contributed by atoms with Crippen LogP contribution in [-0.4, -0.2) is 79.5 Å². The average molecular weight is 378 g/mol. The van der Waals surface area contributed by atoms with Gasteiger partial charge in [-0.3, -0.25) is 4.79 Å². The molecule has 1 amide bonds. The maximum atomic E-state index is 12.6. The van der Waals surface area contributed by atoms with E-state index >= 15 is 0 Å². The summed E-state index contributed by atoms with van der Waals surface area (Å²) in [5, 5.41) is 8.64. The van der Waals surface area contributed by atoms with Crippen LogP contribution in [0.2, 0.25) is 0 Å². The molecule has 0 aromatic carbocycles. The lowest BCUT2D eigenvalue weighted by Gasteiger charge is -2.32. The Morgan fingerprint density at radius 1 is 1.42 bits per heavy atom. The Morgan fingerprint density at radius 3 is 3.00 bits per heavy atom. The van der Waals surface area contributed by atoms with Gasteiger partial charge < -0.3 is 18.9 Å². The van der Waals surface area contributed by atoms with Crippen LogP contribution in [0.3, 0.4) is 0 Å². The molecule has 0 aliphatic carbocycles. The van der Waals surface area contributed by atoms with Crippen molar-refractivity contribution >= 4 is 17.7 Å². The van der Waals surface area contributed by atoms with E-state index in [0.717, 1.165) is 50.0 Å². The summed E-state index contributed by atoms with van der Waals surface area (Å²) in [6, 6.07) is 0. The minimum atomic E-state index is 0.161. The number of carbonyl (C=O) groups is 1. The summed E-state index contributed by atoms with van der Waals surface area (Å²) < 4.78 is 4.06. The topological polar surface area (TPSA) is 72.1 Å². The first-order valence-corrected chi connectivity index (χ1v) is 9.93. The maximum Gasteiger partial charge on any atom is 0.233 e. The van der Waals surface area contributed by atoms with E-state index in [1.165, 1.54) is 11.8 Å². The third-order valence-electron chi connectivity index (χ3n) is 4.67. The zero-order chi connectivity index (χ0) is 18.5. The summed E-state index contributed by atoms with van der Waals surface area (Å²) in [5.41, 5.74) is 0. The van der Waals surface area contributed by atoms with Gasteiger partial charge in [-0.1, -0.05) is 11.8 Å². The number of hydrogen-bond acceptors (Lipinski definition) is 6. The molecule has 2 aromatic heterocycles. The van der Waals surface area contributed by atoms with Crippen LogP contribution < -0.4 is 0 Å². The Balaban J connectivity index is 1.58. The minimum absolute atomic E-state index is 0.161. The van der Waals surface area contributed by atoms with E-state index in [4.69, 9.17) is 0 Å². The smallest absolute Gasteiger partial charge is 0.233 e. The molecule has 1 aliphatic heterocycles. The number of likely N-dealkylation sites (N-methyl/N-ethyl adjacent to an activating group) is 1.